The molecule has 0 unspecified atom stereocenters. The molecule has 0 atom stereocenters. The van der Waals surface area contributed by atoms with Crippen molar-refractivity contribution in [3.8, 4) is 17.2 Å². The maximum Gasteiger partial charge on any atom is 0.343 e. The minimum Gasteiger partial charge on any atom is -0.497 e. The maximum absolute atomic E-state index is 12.1. The molecule has 114 valence electrons. The summed E-state index contributed by atoms with van der Waals surface area (Å²) < 4.78 is 15.4. The highest BCUT2D eigenvalue weighted by atomic mass is 16.5. The van der Waals surface area contributed by atoms with Gasteiger partial charge in [0.05, 0.1) is 25.3 Å². The first kappa shape index (κ1) is 15.6. The van der Waals surface area contributed by atoms with Crippen LogP contribution in [0.15, 0.2) is 42.5 Å². The van der Waals surface area contributed by atoms with Gasteiger partial charge in [-0.15, -0.1) is 0 Å². The van der Waals surface area contributed by atoms with Gasteiger partial charge in [0.1, 0.15) is 17.2 Å². The van der Waals surface area contributed by atoms with Gasteiger partial charge in [0, 0.05) is 0 Å². The van der Waals surface area contributed by atoms with Gasteiger partial charge in [-0.05, 0) is 49.4 Å². The van der Waals surface area contributed by atoms with E-state index in [0.717, 1.165) is 0 Å². The molecule has 0 heterocycles. The van der Waals surface area contributed by atoms with Crippen molar-refractivity contribution in [1.82, 2.24) is 0 Å². The number of esters is 1. The molecule has 0 radical (unpaired) electrons. The summed E-state index contributed by atoms with van der Waals surface area (Å²) >= 11 is 0. The third-order valence-corrected chi connectivity index (χ3v) is 3.09. The average molecular weight is 300 g/mol. The third-order valence-electron chi connectivity index (χ3n) is 3.09. The number of Topliss-reactive ketones (excluding diaryl/α,β-unsaturated/α-hetero) is 1. The van der Waals surface area contributed by atoms with Crippen molar-refractivity contribution in [1.29, 1.82) is 0 Å². The Balaban J connectivity index is 2.25. The number of carbonyl (C=O) groups is 2. The quantitative estimate of drug-likeness (QED) is 0.482. The van der Waals surface area contributed by atoms with Crippen LogP contribution >= 0.6 is 0 Å². The Morgan fingerprint density at radius 1 is 0.864 bits per heavy atom. The molecule has 0 aliphatic rings. The Morgan fingerprint density at radius 2 is 1.45 bits per heavy atom. The smallest absolute Gasteiger partial charge is 0.343 e. The van der Waals surface area contributed by atoms with Crippen LogP contribution < -0.4 is 14.2 Å². The Kier molecular flexibility index (Phi) is 4.78. The number of hydrogen-bond acceptors (Lipinski definition) is 5. The fourth-order valence-corrected chi connectivity index (χ4v) is 1.89. The van der Waals surface area contributed by atoms with Crippen LogP contribution in [0.5, 0.6) is 17.2 Å². The lowest BCUT2D eigenvalue weighted by atomic mass is 10.1. The highest BCUT2D eigenvalue weighted by molar-refractivity contribution is 5.99. The van der Waals surface area contributed by atoms with E-state index in [1.165, 1.54) is 20.1 Å². The molecule has 0 aliphatic carbocycles. The van der Waals surface area contributed by atoms with Crippen LogP contribution in [-0.2, 0) is 0 Å². The molecule has 0 saturated carbocycles. The van der Waals surface area contributed by atoms with E-state index in [1.54, 1.807) is 43.5 Å². The van der Waals surface area contributed by atoms with E-state index in [-0.39, 0.29) is 11.5 Å². The van der Waals surface area contributed by atoms with Crippen molar-refractivity contribution in [3.05, 3.63) is 53.6 Å². The van der Waals surface area contributed by atoms with Gasteiger partial charge in [-0.1, -0.05) is 0 Å². The molecule has 0 aromatic heterocycles. The lowest BCUT2D eigenvalue weighted by Gasteiger charge is -2.10. The molecule has 0 N–H and O–H groups in total. The molecule has 0 spiro atoms. The minimum absolute atomic E-state index is 0.203. The zero-order valence-electron chi connectivity index (χ0n) is 12.6. The molecule has 22 heavy (non-hydrogen) atoms. The van der Waals surface area contributed by atoms with Crippen LogP contribution in [0, 0.1) is 0 Å². The second-order valence-corrected chi connectivity index (χ2v) is 4.54. The molecule has 2 aromatic carbocycles. The Labute approximate surface area is 128 Å². The highest BCUT2D eigenvalue weighted by Gasteiger charge is 2.15. The molecular weight excluding hydrogens is 284 g/mol. The summed E-state index contributed by atoms with van der Waals surface area (Å²) in [6, 6.07) is 11.2. The van der Waals surface area contributed by atoms with E-state index in [4.69, 9.17) is 14.2 Å². The molecule has 2 aromatic rings. The molecule has 0 saturated heterocycles. The number of benzene rings is 2. The number of hydrogen-bond donors (Lipinski definition) is 0. The van der Waals surface area contributed by atoms with Crippen LogP contribution in [0.25, 0.3) is 0 Å². The van der Waals surface area contributed by atoms with Gasteiger partial charge in [0.2, 0.25) is 0 Å². The largest absolute Gasteiger partial charge is 0.497 e. The second-order valence-electron chi connectivity index (χ2n) is 4.54. The molecular formula is C17H16O5. The first-order valence-electron chi connectivity index (χ1n) is 6.60. The van der Waals surface area contributed by atoms with Gasteiger partial charge in [0.25, 0.3) is 0 Å². The molecule has 0 bridgehead atoms. The number of ketones is 1. The molecule has 0 aliphatic heterocycles. The van der Waals surface area contributed by atoms with E-state index in [1.807, 2.05) is 0 Å². The first-order valence-corrected chi connectivity index (χ1v) is 6.60. The van der Waals surface area contributed by atoms with Crippen LogP contribution in [0.2, 0.25) is 0 Å². The first-order chi connectivity index (χ1) is 10.5. The predicted molar refractivity (Wildman–Crippen MR) is 81.0 cm³/mol. The monoisotopic (exact) mass is 300 g/mol. The standard InChI is InChI=1S/C17H16O5/c1-11(18)15-10-14(21-3)8-9-16(15)22-17(19)12-4-6-13(20-2)7-5-12/h4-10H,1-3H3. The zero-order chi connectivity index (χ0) is 16.1. The van der Waals surface area contributed by atoms with Gasteiger partial charge in [-0.2, -0.15) is 0 Å². The van der Waals surface area contributed by atoms with Crippen LogP contribution in [0.4, 0.5) is 0 Å². The summed E-state index contributed by atoms with van der Waals surface area (Å²) in [5.74, 6) is 0.612. The summed E-state index contributed by atoms with van der Waals surface area (Å²) in [7, 11) is 3.05. The van der Waals surface area contributed by atoms with Crippen LogP contribution in [0.1, 0.15) is 27.6 Å². The average Bonchev–Trinajstić information content (AvgIpc) is 2.55. The number of ether oxygens (including phenoxy) is 3. The summed E-state index contributed by atoms with van der Waals surface area (Å²) in [6.07, 6.45) is 0. The Morgan fingerprint density at radius 3 is 2.00 bits per heavy atom. The molecule has 0 fully saturated rings. The lowest BCUT2D eigenvalue weighted by molar-refractivity contribution is 0.0732. The molecule has 0 amide bonds. The van der Waals surface area contributed by atoms with Gasteiger partial charge in [0.15, 0.2) is 5.78 Å². The number of carbonyl (C=O) groups excluding carboxylic acids is 2. The van der Waals surface area contributed by atoms with Gasteiger partial charge < -0.3 is 14.2 Å². The van der Waals surface area contributed by atoms with Crippen molar-refractivity contribution in [2.45, 2.75) is 6.92 Å². The Hall–Kier alpha value is -2.82. The fourth-order valence-electron chi connectivity index (χ4n) is 1.89. The predicted octanol–water partition coefficient (Wildman–Crippen LogP) is 3.13. The SMILES string of the molecule is COc1ccc(C(=O)Oc2ccc(OC)cc2C(C)=O)cc1. The van der Waals surface area contributed by atoms with E-state index in [0.29, 0.717) is 22.6 Å². The second kappa shape index (κ2) is 6.76. The van der Waals surface area contributed by atoms with Gasteiger partial charge in [-0.25, -0.2) is 4.79 Å². The maximum atomic E-state index is 12.1. The molecule has 2 rings (SSSR count). The van der Waals surface area contributed by atoms with Crippen LogP contribution in [-0.4, -0.2) is 26.0 Å². The highest BCUT2D eigenvalue weighted by Crippen LogP contribution is 2.25. The Bertz CT molecular complexity index is 689. The third kappa shape index (κ3) is 3.44. The van der Waals surface area contributed by atoms with E-state index >= 15 is 0 Å². The van der Waals surface area contributed by atoms with Gasteiger partial charge >= 0.3 is 5.97 Å². The van der Waals surface area contributed by atoms with E-state index < -0.39 is 5.97 Å². The van der Waals surface area contributed by atoms with E-state index in [2.05, 4.69) is 0 Å². The molecule has 5 nitrogen and oxygen atoms in total. The van der Waals surface area contributed by atoms with Crippen molar-refractivity contribution in [2.75, 3.05) is 14.2 Å². The summed E-state index contributed by atoms with van der Waals surface area (Å²) in [5.41, 5.74) is 0.660. The summed E-state index contributed by atoms with van der Waals surface area (Å²) in [4.78, 5) is 23.8. The normalized spacial score (nSPS) is 9.95. The number of rotatable bonds is 5. The fraction of sp³-hybridized carbons (Fsp3) is 0.176. The van der Waals surface area contributed by atoms with Crippen molar-refractivity contribution < 1.29 is 23.8 Å². The minimum atomic E-state index is -0.546. The van der Waals surface area contributed by atoms with Crippen molar-refractivity contribution >= 4 is 11.8 Å². The summed E-state index contributed by atoms with van der Waals surface area (Å²) in [6.45, 7) is 1.40. The van der Waals surface area contributed by atoms with Crippen molar-refractivity contribution in [2.24, 2.45) is 0 Å². The lowest BCUT2D eigenvalue weighted by Crippen LogP contribution is -2.11. The molecule has 5 heteroatoms. The summed E-state index contributed by atoms with van der Waals surface area (Å²) in [5, 5.41) is 0. The number of methoxy groups -OCH3 is 2. The van der Waals surface area contributed by atoms with Gasteiger partial charge in [-0.3, -0.25) is 4.79 Å². The topological polar surface area (TPSA) is 61.8 Å². The van der Waals surface area contributed by atoms with E-state index in [9.17, 15) is 9.59 Å². The van der Waals surface area contributed by atoms with Crippen LogP contribution in [0.3, 0.4) is 0 Å². The zero-order valence-corrected chi connectivity index (χ0v) is 12.6. The van der Waals surface area contributed by atoms with Crippen molar-refractivity contribution in [3.63, 3.8) is 0 Å².